The molecule has 0 saturated heterocycles. The summed E-state index contributed by atoms with van der Waals surface area (Å²) in [6, 6.07) is 7.27. The molecule has 0 aromatic heterocycles. The van der Waals surface area contributed by atoms with Gasteiger partial charge in [-0.1, -0.05) is 17.7 Å². The summed E-state index contributed by atoms with van der Waals surface area (Å²) in [5.74, 6) is -3.57. The third-order valence-corrected chi connectivity index (χ3v) is 5.76. The van der Waals surface area contributed by atoms with Crippen LogP contribution >= 0.6 is 11.6 Å². The first-order valence-electron chi connectivity index (χ1n) is 10.5. The molecule has 2 N–H and O–H groups in total. The second-order valence-corrected chi connectivity index (χ2v) is 8.44. The summed E-state index contributed by atoms with van der Waals surface area (Å²) in [5.41, 5.74) is -0.774. The topological polar surface area (TPSA) is 100 Å². The smallest absolute Gasteiger partial charge is 0.255 e. The van der Waals surface area contributed by atoms with Gasteiger partial charge < -0.3 is 20.1 Å². The molecule has 176 valence electrons. The van der Waals surface area contributed by atoms with Gasteiger partial charge in [-0.25, -0.2) is 8.78 Å². The minimum absolute atomic E-state index is 0.00692. The van der Waals surface area contributed by atoms with Crippen LogP contribution in [0.3, 0.4) is 0 Å². The summed E-state index contributed by atoms with van der Waals surface area (Å²) in [6.07, 6.45) is 4.17. The second kappa shape index (κ2) is 9.69. The van der Waals surface area contributed by atoms with Gasteiger partial charge in [-0.3, -0.25) is 9.59 Å². The lowest BCUT2D eigenvalue weighted by Crippen LogP contribution is -2.51. The Hall–Kier alpha value is -3.64. The molecule has 2 heterocycles. The molecule has 1 aliphatic carbocycles. The minimum atomic E-state index is -1.16. The van der Waals surface area contributed by atoms with Gasteiger partial charge in [-0.15, -0.1) is 0 Å². The Morgan fingerprint density at radius 1 is 1.18 bits per heavy atom. The lowest BCUT2D eigenvalue weighted by Gasteiger charge is -2.21. The van der Waals surface area contributed by atoms with Gasteiger partial charge in [0.25, 0.3) is 5.91 Å². The van der Waals surface area contributed by atoms with Gasteiger partial charge in [0.1, 0.15) is 36.4 Å². The van der Waals surface area contributed by atoms with Crippen LogP contribution in [0.1, 0.15) is 28.8 Å². The third kappa shape index (κ3) is 5.29. The molecular weight excluding hydrogens is 468 g/mol. The van der Waals surface area contributed by atoms with E-state index in [2.05, 4.69) is 16.7 Å². The van der Waals surface area contributed by atoms with Crippen LogP contribution in [0.4, 0.5) is 8.78 Å². The first kappa shape index (κ1) is 23.5. The lowest BCUT2D eigenvalue weighted by molar-refractivity contribution is -0.123. The maximum absolute atomic E-state index is 14.4. The van der Waals surface area contributed by atoms with Crippen LogP contribution < -0.4 is 20.1 Å². The van der Waals surface area contributed by atoms with Crippen molar-refractivity contribution in [3.8, 4) is 17.6 Å². The zero-order valence-electron chi connectivity index (χ0n) is 17.9. The van der Waals surface area contributed by atoms with E-state index in [4.69, 9.17) is 21.1 Å². The molecule has 2 amide bonds. The van der Waals surface area contributed by atoms with Gasteiger partial charge >= 0.3 is 0 Å². The molecule has 10 heteroatoms. The zero-order chi connectivity index (χ0) is 24.3. The van der Waals surface area contributed by atoms with Crippen molar-refractivity contribution in [3.63, 3.8) is 0 Å². The van der Waals surface area contributed by atoms with Crippen molar-refractivity contribution >= 4 is 23.4 Å². The average Bonchev–Trinajstić information content (AvgIpc) is 3.56. The fraction of sp³-hybridized carbons (Fsp3) is 0.292. The van der Waals surface area contributed by atoms with Gasteiger partial charge in [0.15, 0.2) is 11.6 Å². The summed E-state index contributed by atoms with van der Waals surface area (Å²) < 4.78 is 39.4. The van der Waals surface area contributed by atoms with Crippen LogP contribution in [0.25, 0.3) is 0 Å². The molecule has 0 unspecified atom stereocenters. The number of benzene rings is 2. The molecule has 2 bridgehead atoms. The van der Waals surface area contributed by atoms with Crippen molar-refractivity contribution in [2.24, 2.45) is 0 Å². The molecule has 2 aromatic carbocycles. The summed E-state index contributed by atoms with van der Waals surface area (Å²) in [6.45, 7) is 0.0381. The Morgan fingerprint density at radius 3 is 2.59 bits per heavy atom. The van der Waals surface area contributed by atoms with Crippen molar-refractivity contribution in [1.82, 2.24) is 10.6 Å². The highest BCUT2D eigenvalue weighted by atomic mass is 35.5. The Labute approximate surface area is 199 Å². The average molecular weight is 488 g/mol. The van der Waals surface area contributed by atoms with Gasteiger partial charge in [-0.2, -0.15) is 5.26 Å². The molecule has 1 saturated carbocycles. The van der Waals surface area contributed by atoms with Crippen LogP contribution in [0.2, 0.25) is 5.02 Å². The Kier molecular flexibility index (Phi) is 6.70. The number of nitrogens with one attached hydrogen (secondary N) is 2. The number of carbonyl (C=O) groups is 2. The Morgan fingerprint density at radius 2 is 1.91 bits per heavy atom. The third-order valence-electron chi connectivity index (χ3n) is 5.46. The molecule has 1 atom stereocenters. The van der Waals surface area contributed by atoms with E-state index in [9.17, 15) is 23.6 Å². The number of carbonyl (C=O) groups excluding carboxylic acids is 2. The van der Waals surface area contributed by atoms with E-state index < -0.39 is 46.3 Å². The maximum atomic E-state index is 14.4. The summed E-state index contributed by atoms with van der Waals surface area (Å²) in [4.78, 5) is 26.1. The molecule has 2 aliphatic heterocycles. The van der Waals surface area contributed by atoms with Crippen LogP contribution in [-0.2, 0) is 11.2 Å². The number of nitrogens with zero attached hydrogens (tertiary/aromatic N) is 1. The first-order valence-corrected chi connectivity index (χ1v) is 10.9. The Bertz CT molecular complexity index is 1210. The largest absolute Gasteiger partial charge is 0.488 e. The lowest BCUT2D eigenvalue weighted by atomic mass is 10.0. The summed E-state index contributed by atoms with van der Waals surface area (Å²) in [7, 11) is 0. The number of amides is 2. The van der Waals surface area contributed by atoms with Crippen molar-refractivity contribution in [2.45, 2.75) is 30.8 Å². The molecule has 2 aromatic rings. The van der Waals surface area contributed by atoms with Crippen molar-refractivity contribution < 1.29 is 27.8 Å². The zero-order valence-corrected chi connectivity index (χ0v) is 18.6. The van der Waals surface area contributed by atoms with E-state index in [0.717, 1.165) is 6.07 Å². The monoisotopic (exact) mass is 487 g/mol. The number of hydrogen-bond donors (Lipinski definition) is 2. The summed E-state index contributed by atoms with van der Waals surface area (Å²) in [5, 5.41) is 14.8. The SMILES string of the molecule is N#CC1(NC(=O)[C@@H]2Cc3ccc(c(Cl)c3)OC/C=C/COc3c(F)cc(F)cc3C(=O)N2)CC1. The van der Waals surface area contributed by atoms with Gasteiger partial charge in [0, 0.05) is 12.5 Å². The summed E-state index contributed by atoms with van der Waals surface area (Å²) >= 11 is 6.30. The number of ether oxygens (including phenoxy) is 2. The molecule has 3 aliphatic rings. The van der Waals surface area contributed by atoms with E-state index in [-0.39, 0.29) is 19.6 Å². The predicted molar refractivity (Wildman–Crippen MR) is 119 cm³/mol. The standard InChI is InChI=1S/C24H20ClF2N3O4/c25-17-9-14-3-4-20(17)33-7-1-2-8-34-21-16(11-15(26)12-18(21)27)22(31)29-19(10-14)23(32)30-24(13-28)5-6-24/h1-4,9,11-12,19H,5-8,10H2,(H,29,31)(H,30,32)/b2-1+/t19-/m0/s1. The van der Waals surface area contributed by atoms with Crippen LogP contribution in [-0.4, -0.2) is 36.6 Å². The molecule has 1 fully saturated rings. The predicted octanol–water partition coefficient (Wildman–Crippen LogP) is 3.46. The minimum Gasteiger partial charge on any atom is -0.488 e. The maximum Gasteiger partial charge on any atom is 0.255 e. The number of nitriles is 1. The van der Waals surface area contributed by atoms with Crippen molar-refractivity contribution in [2.75, 3.05) is 13.2 Å². The number of halogens is 3. The van der Waals surface area contributed by atoms with Gasteiger partial charge in [0.05, 0.1) is 16.7 Å². The molecule has 0 spiro atoms. The fourth-order valence-corrected chi connectivity index (χ4v) is 3.72. The van der Waals surface area contributed by atoms with Crippen LogP contribution in [0.15, 0.2) is 42.5 Å². The quantitative estimate of drug-likeness (QED) is 0.632. The van der Waals surface area contributed by atoms with E-state index in [0.29, 0.717) is 35.2 Å². The van der Waals surface area contributed by atoms with Gasteiger partial charge in [0.2, 0.25) is 5.91 Å². The van der Waals surface area contributed by atoms with Crippen LogP contribution in [0.5, 0.6) is 11.5 Å². The van der Waals surface area contributed by atoms with Crippen molar-refractivity contribution in [3.05, 3.63) is 70.3 Å². The molecule has 5 rings (SSSR count). The van der Waals surface area contributed by atoms with Crippen LogP contribution in [0, 0.1) is 23.0 Å². The van der Waals surface area contributed by atoms with E-state index in [1.165, 1.54) is 0 Å². The highest BCUT2D eigenvalue weighted by molar-refractivity contribution is 6.32. The molecule has 7 nitrogen and oxygen atoms in total. The number of rotatable bonds is 2. The van der Waals surface area contributed by atoms with E-state index in [1.54, 1.807) is 30.4 Å². The van der Waals surface area contributed by atoms with E-state index >= 15 is 0 Å². The highest BCUT2D eigenvalue weighted by Crippen LogP contribution is 2.34. The second-order valence-electron chi connectivity index (χ2n) is 8.04. The van der Waals surface area contributed by atoms with Gasteiger partial charge in [-0.05, 0) is 48.8 Å². The first-order chi connectivity index (χ1) is 16.3. The molecule has 34 heavy (non-hydrogen) atoms. The van der Waals surface area contributed by atoms with E-state index in [1.807, 2.05) is 0 Å². The highest BCUT2D eigenvalue weighted by Gasteiger charge is 2.45. The Balaban J connectivity index is 1.70. The molecule has 0 radical (unpaired) electrons. The normalized spacial score (nSPS) is 20.1. The number of fused-ring (bicyclic) bond motifs is 9. The number of hydrogen-bond acceptors (Lipinski definition) is 5. The fourth-order valence-electron chi connectivity index (χ4n) is 3.46. The van der Waals surface area contributed by atoms with Crippen molar-refractivity contribution in [1.29, 1.82) is 5.26 Å². The molecular formula is C24H20ClF2N3O4.